The van der Waals surface area contributed by atoms with Crippen molar-refractivity contribution >= 4 is 17.4 Å². The van der Waals surface area contributed by atoms with Crippen molar-refractivity contribution in [1.29, 1.82) is 0 Å². The van der Waals surface area contributed by atoms with E-state index in [1.807, 2.05) is 12.5 Å². The van der Waals surface area contributed by atoms with E-state index >= 15 is 0 Å². The van der Waals surface area contributed by atoms with Crippen LogP contribution in [-0.4, -0.2) is 9.55 Å². The molecule has 1 saturated carbocycles. The Morgan fingerprint density at radius 1 is 1.44 bits per heavy atom. The molecule has 1 aliphatic rings. The summed E-state index contributed by atoms with van der Waals surface area (Å²) in [6.07, 6.45) is 6.22. The second-order valence-electron chi connectivity index (χ2n) is 4.49. The average Bonchev–Trinajstić information content (AvgIpc) is 3.10. The third-order valence-corrected chi connectivity index (χ3v) is 4.14. The standard InChI is InChI=1S/C13H14FN3S/c14-9-1-4-12(15)13(5-9)18-7-11-6-16-8-17(11)10-2-3-10/h1,4-6,8,10H,2-3,7,15H2. The molecule has 0 aliphatic heterocycles. The van der Waals surface area contributed by atoms with Crippen LogP contribution in [0, 0.1) is 5.82 Å². The minimum atomic E-state index is -0.248. The highest BCUT2D eigenvalue weighted by Crippen LogP contribution is 2.37. The van der Waals surface area contributed by atoms with Gasteiger partial charge in [0.2, 0.25) is 0 Å². The third-order valence-electron chi connectivity index (χ3n) is 3.04. The van der Waals surface area contributed by atoms with Crippen LogP contribution in [0.1, 0.15) is 24.6 Å². The first-order valence-corrected chi connectivity index (χ1v) is 6.91. The molecule has 2 aromatic rings. The van der Waals surface area contributed by atoms with Gasteiger partial charge >= 0.3 is 0 Å². The molecule has 1 fully saturated rings. The molecule has 0 atom stereocenters. The molecule has 0 saturated heterocycles. The van der Waals surface area contributed by atoms with Crippen LogP contribution in [0.5, 0.6) is 0 Å². The van der Waals surface area contributed by atoms with E-state index in [0.717, 1.165) is 10.6 Å². The van der Waals surface area contributed by atoms with Gasteiger partial charge in [0.05, 0.1) is 6.33 Å². The van der Waals surface area contributed by atoms with Gasteiger partial charge in [-0.3, -0.25) is 0 Å². The molecule has 0 amide bonds. The zero-order valence-electron chi connectivity index (χ0n) is 9.84. The van der Waals surface area contributed by atoms with Gasteiger partial charge in [-0.2, -0.15) is 0 Å². The predicted molar refractivity (Wildman–Crippen MR) is 70.9 cm³/mol. The second kappa shape index (κ2) is 4.65. The van der Waals surface area contributed by atoms with Crippen LogP contribution in [0.4, 0.5) is 10.1 Å². The summed E-state index contributed by atoms with van der Waals surface area (Å²) < 4.78 is 15.4. The summed E-state index contributed by atoms with van der Waals surface area (Å²) in [7, 11) is 0. The number of thioether (sulfide) groups is 1. The molecule has 94 valence electrons. The Balaban J connectivity index is 1.73. The van der Waals surface area contributed by atoms with E-state index in [1.165, 1.54) is 30.7 Å². The Bertz CT molecular complexity index is 563. The largest absolute Gasteiger partial charge is 0.398 e. The van der Waals surface area contributed by atoms with E-state index in [2.05, 4.69) is 9.55 Å². The number of imidazole rings is 1. The summed E-state index contributed by atoms with van der Waals surface area (Å²) in [6.45, 7) is 0. The van der Waals surface area contributed by atoms with E-state index in [1.54, 1.807) is 17.8 Å². The summed E-state index contributed by atoms with van der Waals surface area (Å²) in [5, 5.41) is 0. The maximum absolute atomic E-state index is 13.1. The minimum Gasteiger partial charge on any atom is -0.398 e. The highest BCUT2D eigenvalue weighted by atomic mass is 32.2. The highest BCUT2D eigenvalue weighted by Gasteiger charge is 2.25. The van der Waals surface area contributed by atoms with Gasteiger partial charge in [-0.05, 0) is 31.0 Å². The first-order valence-electron chi connectivity index (χ1n) is 5.92. The Hall–Kier alpha value is -1.49. The number of rotatable bonds is 4. The van der Waals surface area contributed by atoms with Crippen molar-refractivity contribution in [2.24, 2.45) is 0 Å². The summed E-state index contributed by atoms with van der Waals surface area (Å²) in [5.41, 5.74) is 7.63. The number of halogens is 1. The molecule has 3 nitrogen and oxygen atoms in total. The van der Waals surface area contributed by atoms with Crippen LogP contribution in [0.25, 0.3) is 0 Å². The third kappa shape index (κ3) is 2.36. The topological polar surface area (TPSA) is 43.8 Å². The van der Waals surface area contributed by atoms with Crippen LogP contribution in [0.15, 0.2) is 35.6 Å². The summed E-state index contributed by atoms with van der Waals surface area (Å²) >= 11 is 1.55. The predicted octanol–water partition coefficient (Wildman–Crippen LogP) is 3.23. The van der Waals surface area contributed by atoms with E-state index in [0.29, 0.717) is 11.7 Å². The number of aromatic nitrogens is 2. The molecule has 18 heavy (non-hydrogen) atoms. The summed E-state index contributed by atoms with van der Waals surface area (Å²) in [5.74, 6) is 0.520. The molecule has 1 heterocycles. The number of hydrogen-bond donors (Lipinski definition) is 1. The van der Waals surface area contributed by atoms with E-state index in [9.17, 15) is 4.39 Å². The van der Waals surface area contributed by atoms with Crippen molar-refractivity contribution in [1.82, 2.24) is 9.55 Å². The van der Waals surface area contributed by atoms with Crippen molar-refractivity contribution in [3.63, 3.8) is 0 Å². The van der Waals surface area contributed by atoms with Gasteiger partial charge in [-0.1, -0.05) is 0 Å². The van der Waals surface area contributed by atoms with Gasteiger partial charge in [0.1, 0.15) is 5.82 Å². The average molecular weight is 263 g/mol. The van der Waals surface area contributed by atoms with Crippen molar-refractivity contribution < 1.29 is 4.39 Å². The Morgan fingerprint density at radius 2 is 2.28 bits per heavy atom. The van der Waals surface area contributed by atoms with Gasteiger partial charge < -0.3 is 10.3 Å². The van der Waals surface area contributed by atoms with E-state index in [4.69, 9.17) is 5.73 Å². The Labute approximate surface area is 109 Å². The molecule has 0 unspecified atom stereocenters. The zero-order chi connectivity index (χ0) is 12.5. The first kappa shape index (κ1) is 11.6. The van der Waals surface area contributed by atoms with Gasteiger partial charge in [-0.15, -0.1) is 11.8 Å². The zero-order valence-corrected chi connectivity index (χ0v) is 10.7. The first-order chi connectivity index (χ1) is 8.74. The number of nitrogens with zero attached hydrogens (tertiary/aromatic N) is 2. The smallest absolute Gasteiger partial charge is 0.124 e. The lowest BCUT2D eigenvalue weighted by Crippen LogP contribution is -1.97. The van der Waals surface area contributed by atoms with Gasteiger partial charge in [0, 0.05) is 34.3 Å². The Morgan fingerprint density at radius 3 is 3.06 bits per heavy atom. The fourth-order valence-corrected chi connectivity index (χ4v) is 2.87. The fourth-order valence-electron chi connectivity index (χ4n) is 1.91. The van der Waals surface area contributed by atoms with Crippen molar-refractivity contribution in [2.45, 2.75) is 29.5 Å². The summed E-state index contributed by atoms with van der Waals surface area (Å²) in [4.78, 5) is 4.97. The SMILES string of the molecule is Nc1ccc(F)cc1SCc1cncn1C1CC1. The lowest BCUT2D eigenvalue weighted by molar-refractivity contribution is 0.624. The normalized spacial score (nSPS) is 14.9. The van der Waals surface area contributed by atoms with Gasteiger partial charge in [0.15, 0.2) is 0 Å². The number of hydrogen-bond acceptors (Lipinski definition) is 3. The molecule has 2 N–H and O–H groups in total. The van der Waals surface area contributed by atoms with Crippen LogP contribution in [0.2, 0.25) is 0 Å². The van der Waals surface area contributed by atoms with Crippen LogP contribution >= 0.6 is 11.8 Å². The molecule has 3 rings (SSSR count). The second-order valence-corrected chi connectivity index (χ2v) is 5.51. The van der Waals surface area contributed by atoms with E-state index < -0.39 is 0 Å². The monoisotopic (exact) mass is 263 g/mol. The molecular formula is C13H14FN3S. The van der Waals surface area contributed by atoms with Crippen LogP contribution in [0.3, 0.4) is 0 Å². The van der Waals surface area contributed by atoms with Crippen LogP contribution in [-0.2, 0) is 5.75 Å². The highest BCUT2D eigenvalue weighted by molar-refractivity contribution is 7.98. The quantitative estimate of drug-likeness (QED) is 0.680. The molecule has 0 radical (unpaired) electrons. The van der Waals surface area contributed by atoms with Gasteiger partial charge in [-0.25, -0.2) is 9.37 Å². The molecule has 0 bridgehead atoms. The van der Waals surface area contributed by atoms with E-state index in [-0.39, 0.29) is 5.82 Å². The Kier molecular flexibility index (Phi) is 2.99. The molecule has 0 spiro atoms. The molecule has 5 heteroatoms. The minimum absolute atomic E-state index is 0.248. The van der Waals surface area contributed by atoms with Crippen molar-refractivity contribution in [2.75, 3.05) is 5.73 Å². The number of benzene rings is 1. The lowest BCUT2D eigenvalue weighted by Gasteiger charge is -2.08. The number of nitrogen functional groups attached to an aromatic ring is 1. The number of nitrogens with two attached hydrogens (primary N) is 1. The van der Waals surface area contributed by atoms with Crippen molar-refractivity contribution in [3.8, 4) is 0 Å². The van der Waals surface area contributed by atoms with Gasteiger partial charge in [0.25, 0.3) is 0 Å². The molecule has 1 aliphatic carbocycles. The van der Waals surface area contributed by atoms with Crippen molar-refractivity contribution in [3.05, 3.63) is 42.2 Å². The van der Waals surface area contributed by atoms with Crippen LogP contribution < -0.4 is 5.73 Å². The molecule has 1 aromatic heterocycles. The molecular weight excluding hydrogens is 249 g/mol. The molecule has 1 aromatic carbocycles. The lowest BCUT2D eigenvalue weighted by atomic mass is 10.3. The number of anilines is 1. The summed E-state index contributed by atoms with van der Waals surface area (Å²) in [6, 6.07) is 5.09. The maximum Gasteiger partial charge on any atom is 0.124 e. The fraction of sp³-hybridized carbons (Fsp3) is 0.308. The maximum atomic E-state index is 13.1.